The molecule has 0 radical (unpaired) electrons. The molecule has 0 unspecified atom stereocenters. The summed E-state index contributed by atoms with van der Waals surface area (Å²) in [7, 11) is 0. The summed E-state index contributed by atoms with van der Waals surface area (Å²) < 4.78 is 13.5. The molecular weight excluding hydrogens is 155 g/mol. The molecule has 2 atom stereocenters. The summed E-state index contributed by atoms with van der Waals surface area (Å²) in [4.78, 5) is 0. The van der Waals surface area contributed by atoms with Gasteiger partial charge >= 0.3 is 0 Å². The SMILES string of the molecule is CC1(C)C[C@@H](O)[C@@H](C(C)(C)F)C1. The molecule has 1 aliphatic rings. The van der Waals surface area contributed by atoms with Crippen LogP contribution in [0.5, 0.6) is 0 Å². The summed E-state index contributed by atoms with van der Waals surface area (Å²) in [6.07, 6.45) is 1.06. The fraction of sp³-hybridized carbons (Fsp3) is 1.00. The minimum atomic E-state index is -1.24. The van der Waals surface area contributed by atoms with Crippen molar-refractivity contribution in [3.63, 3.8) is 0 Å². The van der Waals surface area contributed by atoms with Gasteiger partial charge in [-0.2, -0.15) is 0 Å². The Bertz CT molecular complexity index is 169. The van der Waals surface area contributed by atoms with Crippen molar-refractivity contribution in [1.29, 1.82) is 0 Å². The van der Waals surface area contributed by atoms with Crippen molar-refractivity contribution in [2.45, 2.75) is 52.3 Å². The van der Waals surface area contributed by atoms with E-state index in [0.29, 0.717) is 0 Å². The maximum absolute atomic E-state index is 13.5. The first-order chi connectivity index (χ1) is 5.22. The second kappa shape index (κ2) is 2.69. The van der Waals surface area contributed by atoms with Gasteiger partial charge in [-0.1, -0.05) is 13.8 Å². The minimum absolute atomic E-state index is 0.105. The van der Waals surface area contributed by atoms with E-state index in [9.17, 15) is 9.50 Å². The molecule has 2 heteroatoms. The molecule has 1 N–H and O–H groups in total. The molecule has 0 heterocycles. The number of hydrogen-bond acceptors (Lipinski definition) is 1. The van der Waals surface area contributed by atoms with Crippen LogP contribution in [-0.4, -0.2) is 16.9 Å². The minimum Gasteiger partial charge on any atom is -0.393 e. The predicted molar refractivity (Wildman–Crippen MR) is 47.7 cm³/mol. The number of aliphatic hydroxyl groups excluding tert-OH is 1. The van der Waals surface area contributed by atoms with Crippen LogP contribution in [0.15, 0.2) is 0 Å². The standard InChI is InChI=1S/C10H19FO/c1-9(2)5-7(8(12)6-9)10(3,4)11/h7-8,12H,5-6H2,1-4H3/t7-,8+/m0/s1. The predicted octanol–water partition coefficient (Wildman–Crippen LogP) is 2.53. The summed E-state index contributed by atoms with van der Waals surface area (Å²) in [6.45, 7) is 7.29. The molecule has 1 nitrogen and oxygen atoms in total. The molecule has 0 bridgehead atoms. The third kappa shape index (κ3) is 1.98. The van der Waals surface area contributed by atoms with Gasteiger partial charge in [0, 0.05) is 5.92 Å². The Morgan fingerprint density at radius 1 is 1.33 bits per heavy atom. The molecule has 1 aliphatic carbocycles. The third-order valence-electron chi connectivity index (χ3n) is 2.88. The topological polar surface area (TPSA) is 20.2 Å². The van der Waals surface area contributed by atoms with Gasteiger partial charge in [-0.25, -0.2) is 4.39 Å². The van der Waals surface area contributed by atoms with Crippen LogP contribution in [0.2, 0.25) is 0 Å². The second-order valence-electron chi connectivity index (χ2n) is 5.31. The highest BCUT2D eigenvalue weighted by atomic mass is 19.1. The molecular formula is C10H19FO. The van der Waals surface area contributed by atoms with Gasteiger partial charge < -0.3 is 5.11 Å². The van der Waals surface area contributed by atoms with Crippen molar-refractivity contribution in [3.05, 3.63) is 0 Å². The van der Waals surface area contributed by atoms with Gasteiger partial charge in [-0.15, -0.1) is 0 Å². The largest absolute Gasteiger partial charge is 0.393 e. The summed E-state index contributed by atoms with van der Waals surface area (Å²) in [5.41, 5.74) is -1.14. The summed E-state index contributed by atoms with van der Waals surface area (Å²) in [5, 5.41) is 9.62. The Kier molecular flexibility index (Phi) is 2.24. The van der Waals surface area contributed by atoms with Crippen LogP contribution in [0, 0.1) is 11.3 Å². The Labute approximate surface area is 74.0 Å². The molecule has 0 aromatic rings. The molecule has 0 aliphatic heterocycles. The molecule has 0 saturated heterocycles. The van der Waals surface area contributed by atoms with Crippen molar-refractivity contribution in [3.8, 4) is 0 Å². The van der Waals surface area contributed by atoms with Crippen LogP contribution in [0.3, 0.4) is 0 Å². The van der Waals surface area contributed by atoms with Crippen LogP contribution in [0.25, 0.3) is 0 Å². The fourth-order valence-corrected chi connectivity index (χ4v) is 2.22. The lowest BCUT2D eigenvalue weighted by Crippen LogP contribution is -2.31. The van der Waals surface area contributed by atoms with E-state index in [0.717, 1.165) is 12.8 Å². The van der Waals surface area contributed by atoms with E-state index < -0.39 is 11.8 Å². The van der Waals surface area contributed by atoms with Gasteiger partial charge in [0.2, 0.25) is 0 Å². The normalized spacial score (nSPS) is 35.5. The summed E-state index contributed by atoms with van der Waals surface area (Å²) in [6, 6.07) is 0. The van der Waals surface area contributed by atoms with Gasteiger partial charge in [0.25, 0.3) is 0 Å². The lowest BCUT2D eigenvalue weighted by Gasteiger charge is -2.26. The third-order valence-corrected chi connectivity index (χ3v) is 2.88. The van der Waals surface area contributed by atoms with E-state index in [1.807, 2.05) is 0 Å². The van der Waals surface area contributed by atoms with Crippen LogP contribution >= 0.6 is 0 Å². The molecule has 1 fully saturated rings. The van der Waals surface area contributed by atoms with E-state index in [1.165, 1.54) is 0 Å². The molecule has 0 aromatic carbocycles. The van der Waals surface area contributed by atoms with E-state index in [4.69, 9.17) is 0 Å². The summed E-state index contributed by atoms with van der Waals surface area (Å²) in [5.74, 6) is -0.188. The van der Waals surface area contributed by atoms with Gasteiger partial charge in [-0.05, 0) is 32.1 Å². The van der Waals surface area contributed by atoms with Crippen LogP contribution in [-0.2, 0) is 0 Å². The maximum atomic E-state index is 13.5. The smallest absolute Gasteiger partial charge is 0.110 e. The Morgan fingerprint density at radius 2 is 1.83 bits per heavy atom. The molecule has 0 amide bonds. The Morgan fingerprint density at radius 3 is 2.00 bits per heavy atom. The maximum Gasteiger partial charge on any atom is 0.110 e. The molecule has 0 spiro atoms. The van der Waals surface area contributed by atoms with Crippen molar-refractivity contribution in [2.75, 3.05) is 0 Å². The quantitative estimate of drug-likeness (QED) is 0.647. The lowest BCUT2D eigenvalue weighted by atomic mass is 9.85. The highest BCUT2D eigenvalue weighted by Gasteiger charge is 2.45. The van der Waals surface area contributed by atoms with E-state index in [1.54, 1.807) is 13.8 Å². The number of halogens is 1. The van der Waals surface area contributed by atoms with Crippen molar-refractivity contribution in [2.24, 2.45) is 11.3 Å². The zero-order valence-electron chi connectivity index (χ0n) is 8.39. The first-order valence-corrected chi connectivity index (χ1v) is 4.59. The van der Waals surface area contributed by atoms with Crippen molar-refractivity contribution < 1.29 is 9.50 Å². The van der Waals surface area contributed by atoms with Crippen LogP contribution in [0.1, 0.15) is 40.5 Å². The van der Waals surface area contributed by atoms with Gasteiger partial charge in [-0.3, -0.25) is 0 Å². The second-order valence-corrected chi connectivity index (χ2v) is 5.31. The molecule has 72 valence electrons. The molecule has 0 aromatic heterocycles. The van der Waals surface area contributed by atoms with Crippen molar-refractivity contribution in [1.82, 2.24) is 0 Å². The van der Waals surface area contributed by atoms with Gasteiger partial charge in [0.15, 0.2) is 0 Å². The highest BCUT2D eigenvalue weighted by Crippen LogP contribution is 2.46. The average Bonchev–Trinajstić information content (AvgIpc) is 2.03. The summed E-state index contributed by atoms with van der Waals surface area (Å²) >= 11 is 0. The Hall–Kier alpha value is -0.110. The number of aliphatic hydroxyl groups is 1. The van der Waals surface area contributed by atoms with Crippen LogP contribution < -0.4 is 0 Å². The van der Waals surface area contributed by atoms with Crippen molar-refractivity contribution >= 4 is 0 Å². The first kappa shape index (κ1) is 9.97. The van der Waals surface area contributed by atoms with E-state index in [2.05, 4.69) is 13.8 Å². The fourth-order valence-electron chi connectivity index (χ4n) is 2.22. The molecule has 1 rings (SSSR count). The lowest BCUT2D eigenvalue weighted by molar-refractivity contribution is 0.0311. The van der Waals surface area contributed by atoms with E-state index in [-0.39, 0.29) is 11.3 Å². The van der Waals surface area contributed by atoms with Crippen LogP contribution in [0.4, 0.5) is 4.39 Å². The zero-order chi connectivity index (χ0) is 9.57. The first-order valence-electron chi connectivity index (χ1n) is 4.59. The van der Waals surface area contributed by atoms with Gasteiger partial charge in [0.05, 0.1) is 6.10 Å². The monoisotopic (exact) mass is 174 g/mol. The molecule has 12 heavy (non-hydrogen) atoms. The molecule has 1 saturated carbocycles. The average molecular weight is 174 g/mol. The number of hydrogen-bond donors (Lipinski definition) is 1. The van der Waals surface area contributed by atoms with Gasteiger partial charge in [0.1, 0.15) is 5.67 Å². The zero-order valence-corrected chi connectivity index (χ0v) is 8.39. The Balaban J connectivity index is 2.71. The number of alkyl halides is 1. The van der Waals surface area contributed by atoms with E-state index >= 15 is 0 Å². The number of rotatable bonds is 1. The highest BCUT2D eigenvalue weighted by molar-refractivity contribution is 4.95.